The van der Waals surface area contributed by atoms with Crippen molar-refractivity contribution < 1.29 is 18.7 Å². The van der Waals surface area contributed by atoms with Gasteiger partial charge < -0.3 is 15.0 Å². The third-order valence-electron chi connectivity index (χ3n) is 4.98. The maximum Gasteiger partial charge on any atom is 0.317 e. The molecule has 0 spiro atoms. The first kappa shape index (κ1) is 22.3. The van der Waals surface area contributed by atoms with Crippen molar-refractivity contribution in [3.63, 3.8) is 0 Å². The van der Waals surface area contributed by atoms with Crippen molar-refractivity contribution in [1.82, 2.24) is 15.2 Å². The topological polar surface area (TPSA) is 74.2 Å². The summed E-state index contributed by atoms with van der Waals surface area (Å²) in [6.07, 6.45) is 0.362. The largest absolute Gasteiger partial charge is 0.497 e. The van der Waals surface area contributed by atoms with Crippen molar-refractivity contribution in [1.29, 1.82) is 0 Å². The number of rotatable bonds is 6. The Kier molecular flexibility index (Phi) is 6.89. The number of urea groups is 1. The van der Waals surface area contributed by atoms with Gasteiger partial charge in [-0.2, -0.15) is 5.10 Å². The summed E-state index contributed by atoms with van der Waals surface area (Å²) in [5.74, 6) is -0.0500. The van der Waals surface area contributed by atoms with E-state index in [0.29, 0.717) is 23.4 Å². The zero-order chi connectivity index (χ0) is 22.5. The zero-order valence-electron chi connectivity index (χ0n) is 18.1. The Bertz CT molecular complexity index is 975. The number of benzene rings is 2. The van der Waals surface area contributed by atoms with Crippen LogP contribution in [0.1, 0.15) is 37.4 Å². The van der Waals surface area contributed by atoms with Crippen molar-refractivity contribution in [2.45, 2.75) is 32.4 Å². The molecule has 1 aliphatic rings. The van der Waals surface area contributed by atoms with Crippen LogP contribution in [-0.4, -0.2) is 54.3 Å². The summed E-state index contributed by atoms with van der Waals surface area (Å²) in [6.45, 7) is 3.54. The fraction of sp³-hybridized carbons (Fsp3) is 0.348. The number of halogens is 1. The third-order valence-corrected chi connectivity index (χ3v) is 4.98. The Morgan fingerprint density at radius 1 is 1.23 bits per heavy atom. The summed E-state index contributed by atoms with van der Waals surface area (Å²) in [6, 6.07) is 12.9. The molecule has 1 atom stereocenters. The second kappa shape index (κ2) is 9.59. The number of nitrogens with zero attached hydrogens (tertiary/aromatic N) is 3. The Morgan fingerprint density at radius 2 is 1.90 bits per heavy atom. The number of hydrogen-bond acceptors (Lipinski definition) is 4. The van der Waals surface area contributed by atoms with E-state index in [4.69, 9.17) is 4.74 Å². The highest BCUT2D eigenvalue weighted by Gasteiger charge is 2.34. The highest BCUT2D eigenvalue weighted by Crippen LogP contribution is 2.34. The molecule has 1 N–H and O–H groups in total. The highest BCUT2D eigenvalue weighted by atomic mass is 19.1. The lowest BCUT2D eigenvalue weighted by atomic mass is 9.98. The molecule has 2 aromatic rings. The van der Waals surface area contributed by atoms with Crippen LogP contribution in [-0.2, 0) is 4.79 Å². The number of nitrogens with one attached hydrogen (secondary N) is 1. The van der Waals surface area contributed by atoms with Gasteiger partial charge in [-0.25, -0.2) is 14.2 Å². The lowest BCUT2D eigenvalue weighted by Crippen LogP contribution is -2.45. The molecular weight excluding hydrogens is 399 g/mol. The molecule has 0 saturated heterocycles. The molecule has 0 radical (unpaired) electrons. The van der Waals surface area contributed by atoms with Crippen LogP contribution in [0.2, 0.25) is 0 Å². The number of ether oxygens (including phenoxy) is 1. The van der Waals surface area contributed by atoms with Crippen LogP contribution >= 0.6 is 0 Å². The molecule has 3 rings (SSSR count). The Balaban J connectivity index is 1.88. The van der Waals surface area contributed by atoms with E-state index >= 15 is 0 Å². The van der Waals surface area contributed by atoms with E-state index < -0.39 is 11.9 Å². The average Bonchev–Trinajstić information content (AvgIpc) is 3.19. The van der Waals surface area contributed by atoms with E-state index in [1.165, 1.54) is 16.0 Å². The normalized spacial score (nSPS) is 15.6. The summed E-state index contributed by atoms with van der Waals surface area (Å²) in [5, 5.41) is 8.57. The van der Waals surface area contributed by atoms with Gasteiger partial charge >= 0.3 is 6.03 Å². The van der Waals surface area contributed by atoms with Gasteiger partial charge in [0.1, 0.15) is 18.1 Å². The van der Waals surface area contributed by atoms with Gasteiger partial charge in [-0.3, -0.25) is 4.79 Å². The van der Waals surface area contributed by atoms with E-state index in [9.17, 15) is 14.0 Å². The molecule has 0 bridgehead atoms. The summed E-state index contributed by atoms with van der Waals surface area (Å²) in [7, 11) is 3.13. The molecule has 1 heterocycles. The first-order chi connectivity index (χ1) is 14.8. The standard InChI is InChI=1S/C23H27FN4O3/c1-15(2)25-23(30)27(3)14-22(29)28-21(16-9-11-17(31-4)12-10-16)13-20(26-28)18-7-5-6-8-19(18)24/h5-12,15,21H,13-14H2,1-4H3,(H,25,30)/t21-/m1/s1. The van der Waals surface area contributed by atoms with Crippen molar-refractivity contribution >= 4 is 17.6 Å². The van der Waals surface area contributed by atoms with E-state index in [-0.39, 0.29) is 24.5 Å². The van der Waals surface area contributed by atoms with Crippen LogP contribution in [0.5, 0.6) is 5.75 Å². The maximum absolute atomic E-state index is 14.4. The van der Waals surface area contributed by atoms with Crippen LogP contribution < -0.4 is 10.1 Å². The van der Waals surface area contributed by atoms with Gasteiger partial charge in [0.05, 0.1) is 18.9 Å². The summed E-state index contributed by atoms with van der Waals surface area (Å²) < 4.78 is 19.6. The van der Waals surface area contributed by atoms with E-state index in [1.54, 1.807) is 44.5 Å². The Labute approximate surface area is 181 Å². The number of carbonyl (C=O) groups is 2. The zero-order valence-corrected chi connectivity index (χ0v) is 18.1. The number of hydrazone groups is 1. The molecule has 31 heavy (non-hydrogen) atoms. The fourth-order valence-corrected chi connectivity index (χ4v) is 3.39. The predicted octanol–water partition coefficient (Wildman–Crippen LogP) is 3.56. The number of likely N-dealkylation sites (N-methyl/N-ethyl adjacent to an activating group) is 1. The molecule has 0 unspecified atom stereocenters. The molecule has 0 saturated carbocycles. The van der Waals surface area contributed by atoms with E-state index in [1.807, 2.05) is 26.0 Å². The molecule has 7 nitrogen and oxygen atoms in total. The SMILES string of the molecule is COc1ccc([C@H]2CC(c3ccccc3F)=NN2C(=O)CN(C)C(=O)NC(C)C)cc1. The van der Waals surface area contributed by atoms with Crippen LogP contribution in [0.15, 0.2) is 53.6 Å². The van der Waals surface area contributed by atoms with Crippen molar-refractivity contribution in [3.05, 3.63) is 65.5 Å². The number of amides is 3. The third kappa shape index (κ3) is 5.20. The van der Waals surface area contributed by atoms with Gasteiger partial charge in [0, 0.05) is 25.1 Å². The minimum absolute atomic E-state index is 0.0467. The maximum atomic E-state index is 14.4. The highest BCUT2D eigenvalue weighted by molar-refractivity contribution is 6.03. The molecule has 0 aromatic heterocycles. The minimum atomic E-state index is -0.408. The second-order valence-electron chi connectivity index (χ2n) is 7.72. The van der Waals surface area contributed by atoms with Crippen molar-refractivity contribution in [3.8, 4) is 5.75 Å². The molecule has 2 aromatic carbocycles. The van der Waals surface area contributed by atoms with Crippen LogP contribution in [0.4, 0.5) is 9.18 Å². The van der Waals surface area contributed by atoms with Gasteiger partial charge in [-0.05, 0) is 37.6 Å². The summed E-state index contributed by atoms with van der Waals surface area (Å²) in [5.41, 5.74) is 1.70. The van der Waals surface area contributed by atoms with Gasteiger partial charge in [0.25, 0.3) is 5.91 Å². The fourth-order valence-electron chi connectivity index (χ4n) is 3.39. The molecule has 0 fully saturated rings. The molecule has 1 aliphatic heterocycles. The van der Waals surface area contributed by atoms with Crippen LogP contribution in [0, 0.1) is 5.82 Å². The smallest absolute Gasteiger partial charge is 0.317 e. The predicted molar refractivity (Wildman–Crippen MR) is 116 cm³/mol. The van der Waals surface area contributed by atoms with Gasteiger partial charge in [0.2, 0.25) is 0 Å². The molecule has 0 aliphatic carbocycles. The van der Waals surface area contributed by atoms with Crippen LogP contribution in [0.3, 0.4) is 0 Å². The minimum Gasteiger partial charge on any atom is -0.497 e. The molecule has 8 heteroatoms. The summed E-state index contributed by atoms with van der Waals surface area (Å²) in [4.78, 5) is 26.6. The monoisotopic (exact) mass is 426 g/mol. The van der Waals surface area contributed by atoms with E-state index in [2.05, 4.69) is 10.4 Å². The second-order valence-corrected chi connectivity index (χ2v) is 7.72. The first-order valence-corrected chi connectivity index (χ1v) is 10.1. The lowest BCUT2D eigenvalue weighted by Gasteiger charge is -2.25. The molecular formula is C23H27FN4O3. The number of methoxy groups -OCH3 is 1. The number of carbonyl (C=O) groups excluding carboxylic acids is 2. The molecule has 3 amide bonds. The summed E-state index contributed by atoms with van der Waals surface area (Å²) >= 11 is 0. The number of hydrogen-bond donors (Lipinski definition) is 1. The van der Waals surface area contributed by atoms with Gasteiger partial charge in [-0.15, -0.1) is 0 Å². The Hall–Kier alpha value is -3.42. The van der Waals surface area contributed by atoms with Crippen molar-refractivity contribution in [2.24, 2.45) is 5.10 Å². The van der Waals surface area contributed by atoms with Crippen LogP contribution in [0.25, 0.3) is 0 Å². The van der Waals surface area contributed by atoms with E-state index in [0.717, 1.165) is 5.56 Å². The van der Waals surface area contributed by atoms with Gasteiger partial charge in [0.15, 0.2) is 0 Å². The first-order valence-electron chi connectivity index (χ1n) is 10.1. The van der Waals surface area contributed by atoms with Crippen molar-refractivity contribution in [2.75, 3.05) is 20.7 Å². The lowest BCUT2D eigenvalue weighted by molar-refractivity contribution is -0.133. The average molecular weight is 426 g/mol. The van der Waals surface area contributed by atoms with Gasteiger partial charge in [-0.1, -0.05) is 30.3 Å². The quantitative estimate of drug-likeness (QED) is 0.768. The molecule has 164 valence electrons. The Morgan fingerprint density at radius 3 is 2.52 bits per heavy atom.